The van der Waals surface area contributed by atoms with Crippen molar-refractivity contribution >= 4 is 17.2 Å². The number of aliphatic hydroxyl groups excluding tert-OH is 1. The highest BCUT2D eigenvalue weighted by Crippen LogP contribution is 2.12. The van der Waals surface area contributed by atoms with Gasteiger partial charge in [0.1, 0.15) is 5.01 Å². The third-order valence-electron chi connectivity index (χ3n) is 3.28. The summed E-state index contributed by atoms with van der Waals surface area (Å²) in [5.74, 6) is -0.0900. The zero-order valence-corrected chi connectivity index (χ0v) is 13.5. The highest BCUT2D eigenvalue weighted by atomic mass is 32.1. The standard InChI is InChI=1S/C16H21N3O2S/c1-2-19(8-9-20)11-14-12-22-15(18-14)10-17-16(21)13-6-4-3-5-7-13/h3-7,12,20H,2,8-11H2,1H3,(H,17,21). The minimum Gasteiger partial charge on any atom is -0.395 e. The number of nitrogens with zero attached hydrogens (tertiary/aromatic N) is 2. The molecular formula is C16H21N3O2S. The van der Waals surface area contributed by atoms with E-state index in [1.807, 2.05) is 23.6 Å². The van der Waals surface area contributed by atoms with E-state index in [9.17, 15) is 4.79 Å². The van der Waals surface area contributed by atoms with Gasteiger partial charge in [0, 0.05) is 24.0 Å². The van der Waals surface area contributed by atoms with Gasteiger partial charge in [-0.25, -0.2) is 4.98 Å². The fourth-order valence-electron chi connectivity index (χ4n) is 2.07. The lowest BCUT2D eigenvalue weighted by Gasteiger charge is -2.17. The summed E-state index contributed by atoms with van der Waals surface area (Å²) in [4.78, 5) is 18.6. The summed E-state index contributed by atoms with van der Waals surface area (Å²) in [6.07, 6.45) is 0. The first-order chi connectivity index (χ1) is 10.7. The molecule has 0 radical (unpaired) electrons. The fraction of sp³-hybridized carbons (Fsp3) is 0.375. The van der Waals surface area contributed by atoms with Crippen molar-refractivity contribution in [1.82, 2.24) is 15.2 Å². The number of carbonyl (C=O) groups excluding carboxylic acids is 1. The predicted molar refractivity (Wildman–Crippen MR) is 87.8 cm³/mol. The Kier molecular flexibility index (Phi) is 6.51. The minimum atomic E-state index is -0.0900. The van der Waals surface area contributed by atoms with Crippen LogP contribution in [0.1, 0.15) is 28.0 Å². The molecule has 2 aromatic rings. The smallest absolute Gasteiger partial charge is 0.251 e. The van der Waals surface area contributed by atoms with Crippen LogP contribution in [0, 0.1) is 0 Å². The maximum absolute atomic E-state index is 12.0. The van der Waals surface area contributed by atoms with Crippen molar-refractivity contribution in [2.24, 2.45) is 0 Å². The summed E-state index contributed by atoms with van der Waals surface area (Å²) < 4.78 is 0. The van der Waals surface area contributed by atoms with Crippen LogP contribution in [0.15, 0.2) is 35.7 Å². The number of nitrogens with one attached hydrogen (secondary N) is 1. The SMILES string of the molecule is CCN(CCO)Cc1csc(CNC(=O)c2ccccc2)n1. The van der Waals surface area contributed by atoms with E-state index in [0.29, 0.717) is 18.7 Å². The van der Waals surface area contributed by atoms with Gasteiger partial charge in [-0.2, -0.15) is 0 Å². The fourth-order valence-corrected chi connectivity index (χ4v) is 2.79. The number of carbonyl (C=O) groups is 1. The maximum atomic E-state index is 12.0. The molecule has 1 heterocycles. The van der Waals surface area contributed by atoms with E-state index >= 15 is 0 Å². The van der Waals surface area contributed by atoms with Crippen LogP contribution < -0.4 is 5.32 Å². The molecule has 1 amide bonds. The second-order valence-corrected chi connectivity index (χ2v) is 5.82. The van der Waals surface area contributed by atoms with Crippen molar-refractivity contribution in [3.05, 3.63) is 52.0 Å². The van der Waals surface area contributed by atoms with E-state index in [2.05, 4.69) is 22.1 Å². The number of hydrogen-bond donors (Lipinski definition) is 2. The largest absolute Gasteiger partial charge is 0.395 e. The van der Waals surface area contributed by atoms with Crippen LogP contribution in [0.4, 0.5) is 0 Å². The predicted octanol–water partition coefficient (Wildman–Crippen LogP) is 1.89. The number of aromatic nitrogens is 1. The lowest BCUT2D eigenvalue weighted by molar-refractivity contribution is 0.0951. The molecule has 5 nitrogen and oxygen atoms in total. The van der Waals surface area contributed by atoms with Crippen molar-refractivity contribution in [3.8, 4) is 0 Å². The topological polar surface area (TPSA) is 65.5 Å². The van der Waals surface area contributed by atoms with Crippen molar-refractivity contribution in [2.45, 2.75) is 20.0 Å². The van der Waals surface area contributed by atoms with Gasteiger partial charge in [0.05, 0.1) is 18.8 Å². The van der Waals surface area contributed by atoms with Crippen LogP contribution >= 0.6 is 11.3 Å². The maximum Gasteiger partial charge on any atom is 0.251 e. The molecule has 0 saturated heterocycles. The Morgan fingerprint density at radius 1 is 1.36 bits per heavy atom. The molecule has 2 rings (SSSR count). The Hall–Kier alpha value is -1.76. The molecule has 0 aliphatic heterocycles. The Morgan fingerprint density at radius 3 is 2.82 bits per heavy atom. The molecular weight excluding hydrogens is 298 g/mol. The van der Waals surface area contributed by atoms with Gasteiger partial charge in [0.25, 0.3) is 5.91 Å². The summed E-state index contributed by atoms with van der Waals surface area (Å²) in [5.41, 5.74) is 1.63. The zero-order valence-electron chi connectivity index (χ0n) is 12.7. The van der Waals surface area contributed by atoms with E-state index < -0.39 is 0 Å². The first-order valence-electron chi connectivity index (χ1n) is 7.32. The summed E-state index contributed by atoms with van der Waals surface area (Å²) in [5, 5.41) is 14.8. The normalized spacial score (nSPS) is 10.9. The first-order valence-corrected chi connectivity index (χ1v) is 8.20. The van der Waals surface area contributed by atoms with E-state index in [-0.39, 0.29) is 12.5 Å². The molecule has 0 saturated carbocycles. The van der Waals surface area contributed by atoms with E-state index in [4.69, 9.17) is 5.11 Å². The lowest BCUT2D eigenvalue weighted by atomic mass is 10.2. The van der Waals surface area contributed by atoms with Crippen LogP contribution in [0.5, 0.6) is 0 Å². The molecule has 22 heavy (non-hydrogen) atoms. The average molecular weight is 319 g/mol. The van der Waals surface area contributed by atoms with Gasteiger partial charge in [-0.3, -0.25) is 9.69 Å². The number of likely N-dealkylation sites (N-methyl/N-ethyl adjacent to an activating group) is 1. The summed E-state index contributed by atoms with van der Waals surface area (Å²) in [6.45, 7) is 4.89. The van der Waals surface area contributed by atoms with Crippen LogP contribution in [0.3, 0.4) is 0 Å². The Morgan fingerprint density at radius 2 is 2.14 bits per heavy atom. The van der Waals surface area contributed by atoms with Gasteiger partial charge in [0.2, 0.25) is 0 Å². The van der Waals surface area contributed by atoms with Gasteiger partial charge < -0.3 is 10.4 Å². The molecule has 6 heteroatoms. The van der Waals surface area contributed by atoms with E-state index in [1.165, 1.54) is 0 Å². The zero-order chi connectivity index (χ0) is 15.8. The Bertz CT molecular complexity index is 586. The third kappa shape index (κ3) is 4.91. The monoisotopic (exact) mass is 319 g/mol. The number of amides is 1. The molecule has 0 spiro atoms. The summed E-state index contributed by atoms with van der Waals surface area (Å²) in [7, 11) is 0. The number of aliphatic hydroxyl groups is 1. The lowest BCUT2D eigenvalue weighted by Crippen LogP contribution is -2.26. The molecule has 0 aliphatic carbocycles. The molecule has 1 aromatic heterocycles. The molecule has 1 aromatic carbocycles. The van der Waals surface area contributed by atoms with Crippen molar-refractivity contribution in [2.75, 3.05) is 19.7 Å². The number of rotatable bonds is 8. The number of thiazole rings is 1. The van der Waals surface area contributed by atoms with Crippen LogP contribution in [-0.4, -0.2) is 40.6 Å². The quantitative estimate of drug-likeness (QED) is 0.780. The second-order valence-electron chi connectivity index (χ2n) is 4.87. The third-order valence-corrected chi connectivity index (χ3v) is 4.18. The molecule has 0 atom stereocenters. The van der Waals surface area contributed by atoms with Crippen LogP contribution in [0.2, 0.25) is 0 Å². The average Bonchev–Trinajstić information content (AvgIpc) is 3.00. The highest BCUT2D eigenvalue weighted by Gasteiger charge is 2.09. The summed E-state index contributed by atoms with van der Waals surface area (Å²) in [6, 6.07) is 9.15. The Labute approximate surface area is 134 Å². The second kappa shape index (κ2) is 8.63. The van der Waals surface area contributed by atoms with E-state index in [1.54, 1.807) is 23.5 Å². The Balaban J connectivity index is 1.85. The molecule has 0 aliphatic rings. The molecule has 0 unspecified atom stereocenters. The van der Waals surface area contributed by atoms with Crippen molar-refractivity contribution < 1.29 is 9.90 Å². The first kappa shape index (κ1) is 16.6. The molecule has 0 bridgehead atoms. The van der Waals surface area contributed by atoms with Gasteiger partial charge in [0.15, 0.2) is 0 Å². The molecule has 2 N–H and O–H groups in total. The number of benzene rings is 1. The molecule has 118 valence electrons. The van der Waals surface area contributed by atoms with Crippen molar-refractivity contribution in [3.63, 3.8) is 0 Å². The van der Waals surface area contributed by atoms with Gasteiger partial charge >= 0.3 is 0 Å². The molecule has 0 fully saturated rings. The van der Waals surface area contributed by atoms with Gasteiger partial charge in [-0.15, -0.1) is 11.3 Å². The minimum absolute atomic E-state index is 0.0900. The van der Waals surface area contributed by atoms with E-state index in [0.717, 1.165) is 23.8 Å². The number of hydrogen-bond acceptors (Lipinski definition) is 5. The summed E-state index contributed by atoms with van der Waals surface area (Å²) >= 11 is 1.54. The van der Waals surface area contributed by atoms with Crippen LogP contribution in [-0.2, 0) is 13.1 Å². The van der Waals surface area contributed by atoms with Crippen molar-refractivity contribution in [1.29, 1.82) is 0 Å². The van der Waals surface area contributed by atoms with Gasteiger partial charge in [-0.05, 0) is 18.7 Å². The van der Waals surface area contributed by atoms with Gasteiger partial charge in [-0.1, -0.05) is 25.1 Å². The van der Waals surface area contributed by atoms with Crippen LogP contribution in [0.25, 0.3) is 0 Å². The highest BCUT2D eigenvalue weighted by molar-refractivity contribution is 7.09.